The summed E-state index contributed by atoms with van der Waals surface area (Å²) in [6.45, 7) is 0. The van der Waals surface area contributed by atoms with Gasteiger partial charge in [-0.05, 0) is 48.5 Å². The number of carbonyl (C=O) groups excluding carboxylic acids is 2. The van der Waals surface area contributed by atoms with Gasteiger partial charge in [-0.2, -0.15) is 13.2 Å². The first-order valence-corrected chi connectivity index (χ1v) is 7.00. The van der Waals surface area contributed by atoms with Crippen molar-refractivity contribution in [2.24, 2.45) is 0 Å². The Morgan fingerprint density at radius 3 is 2.00 bits per heavy atom. The van der Waals surface area contributed by atoms with E-state index in [0.717, 1.165) is 36.6 Å². The van der Waals surface area contributed by atoms with E-state index in [2.05, 4.69) is 0 Å². The van der Waals surface area contributed by atoms with Crippen LogP contribution in [0.15, 0.2) is 60.9 Å². The van der Waals surface area contributed by atoms with Gasteiger partial charge in [0, 0.05) is 16.7 Å². The average molecular weight is 355 g/mol. The van der Waals surface area contributed by atoms with Crippen molar-refractivity contribution in [3.05, 3.63) is 82.6 Å². The predicted molar refractivity (Wildman–Crippen MR) is 81.8 cm³/mol. The molecule has 0 aliphatic carbocycles. The maximum Gasteiger partial charge on any atom is 0.416 e. The summed E-state index contributed by atoms with van der Waals surface area (Å²) in [6.07, 6.45) is -2.56. The second-order valence-corrected chi connectivity index (χ2v) is 5.09. The van der Waals surface area contributed by atoms with Crippen molar-refractivity contribution in [2.75, 3.05) is 0 Å². The molecule has 0 aliphatic rings. The van der Waals surface area contributed by atoms with Crippen LogP contribution >= 0.6 is 11.6 Å². The van der Waals surface area contributed by atoms with E-state index < -0.39 is 23.5 Å². The molecule has 7 heteroatoms. The quantitative estimate of drug-likeness (QED) is 0.339. The van der Waals surface area contributed by atoms with E-state index in [0.29, 0.717) is 10.6 Å². The number of halogens is 4. The van der Waals surface area contributed by atoms with Gasteiger partial charge in [0.05, 0.1) is 17.4 Å². The number of rotatable bonds is 4. The lowest BCUT2D eigenvalue weighted by Gasteiger charge is -2.06. The summed E-state index contributed by atoms with van der Waals surface area (Å²) in [4.78, 5) is 23.5. The topological polar surface area (TPSA) is 43.4 Å². The van der Waals surface area contributed by atoms with Crippen molar-refractivity contribution in [2.45, 2.75) is 6.18 Å². The minimum Gasteiger partial charge on any atom is -0.431 e. The van der Waals surface area contributed by atoms with Crippen molar-refractivity contribution in [3.8, 4) is 0 Å². The molecule has 2 aromatic rings. The van der Waals surface area contributed by atoms with Crippen LogP contribution in [-0.4, -0.2) is 11.8 Å². The van der Waals surface area contributed by atoms with Gasteiger partial charge in [-0.25, -0.2) is 4.79 Å². The molecule has 0 N–H and O–H groups in total. The normalized spacial score (nSPS) is 11.5. The van der Waals surface area contributed by atoms with Crippen molar-refractivity contribution in [1.82, 2.24) is 0 Å². The summed E-state index contributed by atoms with van der Waals surface area (Å²) in [5, 5.41) is 0.476. The number of benzene rings is 2. The third-order valence-corrected chi connectivity index (χ3v) is 3.22. The Morgan fingerprint density at radius 2 is 1.46 bits per heavy atom. The van der Waals surface area contributed by atoms with Crippen LogP contribution in [0, 0.1) is 0 Å². The molecule has 0 atom stereocenters. The molecule has 0 amide bonds. The van der Waals surface area contributed by atoms with E-state index in [1.165, 1.54) is 24.3 Å². The van der Waals surface area contributed by atoms with E-state index >= 15 is 0 Å². The van der Waals surface area contributed by atoms with E-state index in [1.54, 1.807) is 0 Å². The molecule has 0 heterocycles. The van der Waals surface area contributed by atoms with Gasteiger partial charge in [0.15, 0.2) is 5.78 Å². The highest BCUT2D eigenvalue weighted by Gasteiger charge is 2.30. The van der Waals surface area contributed by atoms with Gasteiger partial charge in [0.2, 0.25) is 0 Å². The molecular weight excluding hydrogens is 345 g/mol. The summed E-state index contributed by atoms with van der Waals surface area (Å²) in [5.74, 6) is -1.28. The number of allylic oxidation sites excluding steroid dienone is 1. The molecule has 124 valence electrons. The standard InChI is InChI=1S/C17H10ClF3O3/c18-14-7-3-11(4-8-14)15(22)9-10-24-16(23)12-1-5-13(6-2-12)17(19,20)21/h1-10H/b10-9+. The molecule has 24 heavy (non-hydrogen) atoms. The number of esters is 1. The Hall–Kier alpha value is -2.60. The summed E-state index contributed by atoms with van der Waals surface area (Å²) in [5.41, 5.74) is -0.583. The van der Waals surface area contributed by atoms with Gasteiger partial charge in [0.1, 0.15) is 0 Å². The lowest BCUT2D eigenvalue weighted by Crippen LogP contribution is -2.06. The van der Waals surface area contributed by atoms with Gasteiger partial charge < -0.3 is 4.74 Å². The number of hydrogen-bond donors (Lipinski definition) is 0. The summed E-state index contributed by atoms with van der Waals surface area (Å²) >= 11 is 5.70. The van der Waals surface area contributed by atoms with Crippen LogP contribution in [0.25, 0.3) is 0 Å². The summed E-state index contributed by atoms with van der Waals surface area (Å²) in [7, 11) is 0. The van der Waals surface area contributed by atoms with Crippen LogP contribution in [0.4, 0.5) is 13.2 Å². The van der Waals surface area contributed by atoms with Gasteiger partial charge in [0.25, 0.3) is 0 Å². The van der Waals surface area contributed by atoms with Gasteiger partial charge >= 0.3 is 12.1 Å². The monoisotopic (exact) mass is 354 g/mol. The zero-order valence-electron chi connectivity index (χ0n) is 12.0. The van der Waals surface area contributed by atoms with Crippen LogP contribution in [0.1, 0.15) is 26.3 Å². The second kappa shape index (κ2) is 7.31. The molecule has 3 nitrogen and oxygen atoms in total. The Labute approximate surface area is 140 Å². The first-order valence-electron chi connectivity index (χ1n) is 6.62. The third kappa shape index (κ3) is 4.70. The molecule has 0 unspecified atom stereocenters. The zero-order valence-corrected chi connectivity index (χ0v) is 12.8. The Balaban J connectivity index is 1.97. The van der Waals surface area contributed by atoms with Crippen molar-refractivity contribution in [3.63, 3.8) is 0 Å². The van der Waals surface area contributed by atoms with Crippen LogP contribution in [-0.2, 0) is 10.9 Å². The molecule has 0 bridgehead atoms. The largest absolute Gasteiger partial charge is 0.431 e. The maximum absolute atomic E-state index is 12.4. The molecule has 0 aliphatic heterocycles. The molecule has 0 fully saturated rings. The molecule has 2 aromatic carbocycles. The first kappa shape index (κ1) is 17.7. The van der Waals surface area contributed by atoms with Crippen LogP contribution in [0.3, 0.4) is 0 Å². The summed E-state index contributed by atoms with van der Waals surface area (Å²) in [6, 6.07) is 9.64. The molecule has 0 radical (unpaired) electrons. The van der Waals surface area contributed by atoms with Crippen molar-refractivity contribution >= 4 is 23.4 Å². The highest BCUT2D eigenvalue weighted by atomic mass is 35.5. The Bertz CT molecular complexity index is 763. The fraction of sp³-hybridized carbons (Fsp3) is 0.0588. The zero-order chi connectivity index (χ0) is 17.7. The predicted octanol–water partition coefficient (Wildman–Crippen LogP) is 4.91. The first-order chi connectivity index (χ1) is 11.3. The number of ketones is 1. The van der Waals surface area contributed by atoms with Crippen molar-refractivity contribution in [1.29, 1.82) is 0 Å². The number of alkyl halides is 3. The fourth-order valence-corrected chi connectivity index (χ4v) is 1.86. The molecule has 0 spiro atoms. The molecule has 0 saturated heterocycles. The van der Waals surface area contributed by atoms with Gasteiger partial charge in [-0.15, -0.1) is 0 Å². The summed E-state index contributed by atoms with van der Waals surface area (Å²) < 4.78 is 42.0. The average Bonchev–Trinajstić information content (AvgIpc) is 2.54. The number of carbonyl (C=O) groups is 2. The van der Waals surface area contributed by atoms with Crippen LogP contribution in [0.2, 0.25) is 5.02 Å². The lowest BCUT2D eigenvalue weighted by molar-refractivity contribution is -0.137. The molecule has 0 aromatic heterocycles. The maximum atomic E-state index is 12.4. The van der Waals surface area contributed by atoms with E-state index in [9.17, 15) is 22.8 Å². The minimum absolute atomic E-state index is 0.0633. The molecular formula is C17H10ClF3O3. The Kier molecular flexibility index (Phi) is 5.41. The number of ether oxygens (including phenoxy) is 1. The van der Waals surface area contributed by atoms with Gasteiger partial charge in [-0.1, -0.05) is 11.6 Å². The second-order valence-electron chi connectivity index (χ2n) is 4.65. The van der Waals surface area contributed by atoms with E-state index in [4.69, 9.17) is 16.3 Å². The molecule has 2 rings (SSSR count). The van der Waals surface area contributed by atoms with Crippen molar-refractivity contribution < 1.29 is 27.5 Å². The Morgan fingerprint density at radius 1 is 0.917 bits per heavy atom. The fourth-order valence-electron chi connectivity index (χ4n) is 1.73. The minimum atomic E-state index is -4.48. The van der Waals surface area contributed by atoms with E-state index in [1.807, 2.05) is 0 Å². The SMILES string of the molecule is O=C(/C=C/OC(=O)c1ccc(C(F)(F)F)cc1)c1ccc(Cl)cc1. The lowest BCUT2D eigenvalue weighted by atomic mass is 10.1. The van der Waals surface area contributed by atoms with Crippen LogP contribution < -0.4 is 0 Å². The highest BCUT2D eigenvalue weighted by molar-refractivity contribution is 6.30. The third-order valence-electron chi connectivity index (χ3n) is 2.97. The molecule has 0 saturated carbocycles. The van der Waals surface area contributed by atoms with Crippen LogP contribution in [0.5, 0.6) is 0 Å². The smallest absolute Gasteiger partial charge is 0.416 e. The highest BCUT2D eigenvalue weighted by Crippen LogP contribution is 2.29. The van der Waals surface area contributed by atoms with E-state index in [-0.39, 0.29) is 5.56 Å². The number of hydrogen-bond acceptors (Lipinski definition) is 3. The van der Waals surface area contributed by atoms with Gasteiger partial charge in [-0.3, -0.25) is 4.79 Å².